The molecule has 12 heteroatoms. The number of hydrogen-bond acceptors (Lipinski definition) is 10. The molecule has 2 aliphatic rings. The summed E-state index contributed by atoms with van der Waals surface area (Å²) in [7, 11) is 0. The smallest absolute Gasteiger partial charge is 0.346 e. The standard InChI is InChI=1S/C30H26N4O7S/c1-16-24(14-42-30-31-15-32-34-30)39-29(40-25(16)18-7-5-17(13-35)6-8-18)20-3-2-4-21(11-20)33-26(36)19-9-10-22-23(12-19)28(38)41-27(22)37/h2-12,15-16,24-25,29,35H,13-14H2,1H3,(H,33,36)(H,31,32,34)/t16-,24+,25+,29?/m0/s1. The van der Waals surface area contributed by atoms with Crippen LogP contribution in [0.5, 0.6) is 0 Å². The average Bonchev–Trinajstić information content (AvgIpc) is 3.64. The fourth-order valence-corrected chi connectivity index (χ4v) is 5.87. The van der Waals surface area contributed by atoms with Gasteiger partial charge in [0.15, 0.2) is 11.4 Å². The van der Waals surface area contributed by atoms with Crippen molar-refractivity contribution < 1.29 is 33.7 Å². The van der Waals surface area contributed by atoms with Gasteiger partial charge in [-0.25, -0.2) is 14.6 Å². The minimum atomic E-state index is -0.774. The van der Waals surface area contributed by atoms with Gasteiger partial charge in [-0.15, -0.1) is 0 Å². The summed E-state index contributed by atoms with van der Waals surface area (Å²) in [6.07, 6.45) is 0.206. The quantitative estimate of drug-likeness (QED) is 0.153. The third kappa shape index (κ3) is 5.70. The highest BCUT2D eigenvalue weighted by molar-refractivity contribution is 7.99. The van der Waals surface area contributed by atoms with Crippen molar-refractivity contribution in [3.63, 3.8) is 0 Å². The van der Waals surface area contributed by atoms with Gasteiger partial charge in [0, 0.05) is 28.5 Å². The zero-order valence-electron chi connectivity index (χ0n) is 22.4. The average molecular weight is 587 g/mol. The largest absolute Gasteiger partial charge is 0.392 e. The van der Waals surface area contributed by atoms with E-state index in [4.69, 9.17) is 9.47 Å². The second-order valence-electron chi connectivity index (χ2n) is 9.94. The summed E-state index contributed by atoms with van der Waals surface area (Å²) in [5, 5.41) is 19.8. The van der Waals surface area contributed by atoms with E-state index in [1.54, 1.807) is 18.2 Å². The number of thioether (sulfide) groups is 1. The number of esters is 2. The molecule has 214 valence electrons. The van der Waals surface area contributed by atoms with Crippen LogP contribution in [0.25, 0.3) is 0 Å². The van der Waals surface area contributed by atoms with Gasteiger partial charge in [0.1, 0.15) is 6.33 Å². The first-order chi connectivity index (χ1) is 20.4. The lowest BCUT2D eigenvalue weighted by atomic mass is 9.91. The van der Waals surface area contributed by atoms with Gasteiger partial charge in [-0.2, -0.15) is 5.10 Å². The third-order valence-corrected chi connectivity index (χ3v) is 8.19. The second kappa shape index (κ2) is 11.9. The number of anilines is 1. The SMILES string of the molecule is C[C@H]1[C@@H](CSc2ncn[nH]2)OC(c2cccc(NC(=O)c3ccc4c(c3)C(=O)OC4=O)c2)O[C@H]1c1ccc(CO)cc1. The number of H-pyrrole nitrogens is 1. The molecule has 3 aromatic carbocycles. The predicted octanol–water partition coefficient (Wildman–Crippen LogP) is 4.44. The van der Waals surface area contributed by atoms with Crippen LogP contribution in [0, 0.1) is 5.92 Å². The molecule has 42 heavy (non-hydrogen) atoms. The molecule has 0 saturated carbocycles. The lowest BCUT2D eigenvalue weighted by Crippen LogP contribution is -2.38. The number of nitrogens with one attached hydrogen (secondary N) is 2. The zero-order valence-corrected chi connectivity index (χ0v) is 23.2. The van der Waals surface area contributed by atoms with Crippen molar-refractivity contribution in [3.8, 4) is 0 Å². The molecule has 1 amide bonds. The summed E-state index contributed by atoms with van der Waals surface area (Å²) in [5.41, 5.74) is 3.38. The summed E-state index contributed by atoms with van der Waals surface area (Å²) in [6.45, 7) is 2.03. The molecule has 0 spiro atoms. The maximum atomic E-state index is 13.0. The first-order valence-electron chi connectivity index (χ1n) is 13.2. The number of aliphatic hydroxyl groups excluding tert-OH is 1. The molecule has 1 saturated heterocycles. The summed E-state index contributed by atoms with van der Waals surface area (Å²) < 4.78 is 17.6. The molecule has 11 nitrogen and oxygen atoms in total. The molecule has 6 rings (SSSR count). The van der Waals surface area contributed by atoms with Crippen LogP contribution in [0.4, 0.5) is 5.69 Å². The molecular weight excluding hydrogens is 560 g/mol. The minimum absolute atomic E-state index is 0.0158. The molecule has 0 aliphatic carbocycles. The van der Waals surface area contributed by atoms with E-state index in [0.29, 0.717) is 22.2 Å². The molecule has 4 aromatic rings. The van der Waals surface area contributed by atoms with Gasteiger partial charge in [0.25, 0.3) is 5.91 Å². The van der Waals surface area contributed by atoms with Gasteiger partial charge in [-0.1, -0.05) is 55.1 Å². The molecule has 1 aromatic heterocycles. The van der Waals surface area contributed by atoms with Crippen LogP contribution < -0.4 is 5.32 Å². The van der Waals surface area contributed by atoms with Gasteiger partial charge in [-0.05, 0) is 41.5 Å². The van der Waals surface area contributed by atoms with E-state index in [9.17, 15) is 19.5 Å². The Hall–Kier alpha value is -4.36. The first kappa shape index (κ1) is 27.8. The predicted molar refractivity (Wildman–Crippen MR) is 151 cm³/mol. The Morgan fingerprint density at radius 1 is 1.00 bits per heavy atom. The Balaban J connectivity index is 1.23. The normalized spacial score (nSPS) is 21.6. The number of carbonyl (C=O) groups excluding carboxylic acids is 3. The lowest BCUT2D eigenvalue weighted by molar-refractivity contribution is -0.268. The number of aromatic amines is 1. The number of carbonyl (C=O) groups is 3. The van der Waals surface area contributed by atoms with Crippen molar-refractivity contribution in [3.05, 3.63) is 106 Å². The van der Waals surface area contributed by atoms with Crippen molar-refractivity contribution in [1.29, 1.82) is 0 Å². The van der Waals surface area contributed by atoms with Crippen molar-refractivity contribution in [2.75, 3.05) is 11.1 Å². The van der Waals surface area contributed by atoms with Crippen molar-refractivity contribution in [1.82, 2.24) is 15.2 Å². The highest BCUT2D eigenvalue weighted by Crippen LogP contribution is 2.43. The Morgan fingerprint density at radius 2 is 1.81 bits per heavy atom. The van der Waals surface area contributed by atoms with Crippen LogP contribution in [-0.4, -0.2) is 50.0 Å². The Labute approximate surface area is 244 Å². The number of hydrogen-bond donors (Lipinski definition) is 3. The summed E-state index contributed by atoms with van der Waals surface area (Å²) in [4.78, 5) is 40.9. The second-order valence-corrected chi connectivity index (χ2v) is 10.9. The third-order valence-electron chi connectivity index (χ3n) is 7.22. The molecule has 1 unspecified atom stereocenters. The molecule has 0 radical (unpaired) electrons. The van der Waals surface area contributed by atoms with Crippen LogP contribution in [0.1, 0.15) is 67.1 Å². The van der Waals surface area contributed by atoms with Gasteiger partial charge in [0.2, 0.25) is 0 Å². The van der Waals surface area contributed by atoms with E-state index in [-0.39, 0.29) is 41.4 Å². The number of fused-ring (bicyclic) bond motifs is 1. The topological polar surface area (TPSA) is 153 Å². The van der Waals surface area contributed by atoms with Crippen molar-refractivity contribution in [2.45, 2.75) is 37.2 Å². The minimum Gasteiger partial charge on any atom is -0.392 e. The zero-order chi connectivity index (χ0) is 29.2. The molecule has 3 heterocycles. The highest BCUT2D eigenvalue weighted by Gasteiger charge is 2.38. The van der Waals surface area contributed by atoms with E-state index in [1.165, 1.54) is 36.3 Å². The highest BCUT2D eigenvalue weighted by atomic mass is 32.2. The number of cyclic esters (lactones) is 2. The Morgan fingerprint density at radius 3 is 2.57 bits per heavy atom. The van der Waals surface area contributed by atoms with E-state index in [1.807, 2.05) is 30.3 Å². The summed E-state index contributed by atoms with van der Waals surface area (Å²) in [5.74, 6) is -1.37. The number of rotatable bonds is 8. The molecular formula is C30H26N4O7S. The Kier molecular flexibility index (Phi) is 7.85. The van der Waals surface area contributed by atoms with Crippen LogP contribution in [0.2, 0.25) is 0 Å². The van der Waals surface area contributed by atoms with E-state index in [2.05, 4.69) is 32.2 Å². The lowest BCUT2D eigenvalue weighted by Gasteiger charge is -2.41. The van der Waals surface area contributed by atoms with Crippen molar-refractivity contribution >= 4 is 35.3 Å². The number of ether oxygens (including phenoxy) is 3. The number of benzene rings is 3. The molecule has 4 atom stereocenters. The summed E-state index contributed by atoms with van der Waals surface area (Å²) >= 11 is 1.50. The number of aliphatic hydroxyl groups is 1. The number of nitrogens with zero attached hydrogens (tertiary/aromatic N) is 2. The van der Waals surface area contributed by atoms with Crippen LogP contribution in [0.15, 0.2) is 78.2 Å². The molecule has 1 fully saturated rings. The monoisotopic (exact) mass is 586 g/mol. The number of amides is 1. The van der Waals surface area contributed by atoms with E-state index in [0.717, 1.165) is 11.1 Å². The van der Waals surface area contributed by atoms with Crippen molar-refractivity contribution in [2.24, 2.45) is 5.92 Å². The number of aromatic nitrogens is 3. The van der Waals surface area contributed by atoms with Crippen LogP contribution in [0.3, 0.4) is 0 Å². The van der Waals surface area contributed by atoms with Crippen LogP contribution >= 0.6 is 11.8 Å². The van der Waals surface area contributed by atoms with Gasteiger partial charge < -0.3 is 24.6 Å². The van der Waals surface area contributed by atoms with E-state index < -0.39 is 24.1 Å². The fourth-order valence-electron chi connectivity index (χ4n) is 4.93. The molecule has 2 aliphatic heterocycles. The maximum Gasteiger partial charge on any atom is 0.346 e. The van der Waals surface area contributed by atoms with Gasteiger partial charge in [-0.3, -0.25) is 9.89 Å². The van der Waals surface area contributed by atoms with Gasteiger partial charge in [0.05, 0.1) is 29.9 Å². The molecule has 3 N–H and O–H groups in total. The van der Waals surface area contributed by atoms with E-state index >= 15 is 0 Å². The molecule has 0 bridgehead atoms. The maximum absolute atomic E-state index is 13.0. The fraction of sp³-hybridized carbons (Fsp3) is 0.233. The Bertz CT molecular complexity index is 1630. The summed E-state index contributed by atoms with van der Waals surface area (Å²) in [6, 6.07) is 19.0. The first-order valence-corrected chi connectivity index (χ1v) is 14.2. The van der Waals surface area contributed by atoms with Crippen LogP contribution in [-0.2, 0) is 20.8 Å². The van der Waals surface area contributed by atoms with Gasteiger partial charge >= 0.3 is 11.9 Å².